The van der Waals surface area contributed by atoms with Gasteiger partial charge in [0, 0.05) is 12.5 Å². The van der Waals surface area contributed by atoms with E-state index in [0.29, 0.717) is 32.7 Å². The summed E-state index contributed by atoms with van der Waals surface area (Å²) in [5, 5.41) is 12.3. The van der Waals surface area contributed by atoms with Gasteiger partial charge < -0.3 is 19.5 Å². The molecule has 1 fully saturated rings. The molecule has 1 amide bonds. The first kappa shape index (κ1) is 27.7. The van der Waals surface area contributed by atoms with Crippen molar-refractivity contribution in [2.45, 2.75) is 24.7 Å². The minimum Gasteiger partial charge on any atom is -0.465 e. The molecule has 0 spiro atoms. The van der Waals surface area contributed by atoms with Gasteiger partial charge in [0.25, 0.3) is 0 Å². The van der Waals surface area contributed by atoms with Crippen LogP contribution in [-0.2, 0) is 21.7 Å². The topological polar surface area (TPSA) is 59.0 Å². The average molecular weight is 558 g/mol. The van der Waals surface area contributed by atoms with Gasteiger partial charge in [-0.2, -0.15) is 0 Å². The number of benzene rings is 5. The summed E-state index contributed by atoms with van der Waals surface area (Å²) >= 11 is 0. The predicted molar refractivity (Wildman–Crippen MR) is 165 cm³/mol. The highest BCUT2D eigenvalue weighted by Crippen LogP contribution is 2.41. The second kappa shape index (κ2) is 12.6. The van der Waals surface area contributed by atoms with Gasteiger partial charge in [-0.25, -0.2) is 4.79 Å². The van der Waals surface area contributed by atoms with E-state index in [1.807, 2.05) is 66.7 Å². The van der Waals surface area contributed by atoms with E-state index in [4.69, 9.17) is 9.47 Å². The minimum atomic E-state index is -0.931. The van der Waals surface area contributed by atoms with E-state index in [1.165, 1.54) is 15.7 Å². The fraction of sp³-hybridized carbons (Fsp3) is 0.216. The van der Waals surface area contributed by atoms with E-state index in [1.54, 1.807) is 0 Å². The lowest BCUT2D eigenvalue weighted by Crippen LogP contribution is -2.48. The molecule has 0 bridgehead atoms. The number of amides is 1. The number of carbonyl (C=O) groups is 1. The quantitative estimate of drug-likeness (QED) is 0.188. The molecule has 1 N–H and O–H groups in total. The molecule has 1 saturated heterocycles. The lowest BCUT2D eigenvalue weighted by atomic mass is 9.80. The van der Waals surface area contributed by atoms with E-state index >= 15 is 0 Å². The molecule has 0 aromatic heterocycles. The van der Waals surface area contributed by atoms with Crippen molar-refractivity contribution >= 4 is 16.9 Å². The number of carboxylic acid groups (broad SMARTS) is 1. The Morgan fingerprint density at radius 3 is 1.83 bits per heavy atom. The van der Waals surface area contributed by atoms with Crippen LogP contribution in [0.4, 0.5) is 4.79 Å². The van der Waals surface area contributed by atoms with Crippen LogP contribution in [0.5, 0.6) is 0 Å². The number of hydrogen-bond acceptors (Lipinski definition) is 3. The van der Waals surface area contributed by atoms with Crippen LogP contribution in [0.25, 0.3) is 10.8 Å². The van der Waals surface area contributed by atoms with Gasteiger partial charge in [0.2, 0.25) is 0 Å². The zero-order valence-electron chi connectivity index (χ0n) is 23.5. The van der Waals surface area contributed by atoms with Gasteiger partial charge in [-0.15, -0.1) is 0 Å². The third-order valence-corrected chi connectivity index (χ3v) is 8.15. The molecule has 2 atom stereocenters. The Balaban J connectivity index is 1.25. The van der Waals surface area contributed by atoms with Crippen molar-refractivity contribution in [2.24, 2.45) is 5.92 Å². The van der Waals surface area contributed by atoms with Crippen LogP contribution >= 0.6 is 0 Å². The van der Waals surface area contributed by atoms with Crippen LogP contribution in [0.3, 0.4) is 0 Å². The van der Waals surface area contributed by atoms with E-state index in [9.17, 15) is 9.90 Å². The molecule has 5 aromatic carbocycles. The number of nitrogens with zero attached hydrogens (tertiary/aromatic N) is 1. The molecule has 0 saturated carbocycles. The van der Waals surface area contributed by atoms with Gasteiger partial charge in [0.15, 0.2) is 0 Å². The van der Waals surface area contributed by atoms with Gasteiger partial charge in [-0.1, -0.05) is 127 Å². The number of fused-ring (bicyclic) bond motifs is 1. The van der Waals surface area contributed by atoms with Gasteiger partial charge in [-0.3, -0.25) is 0 Å². The Morgan fingerprint density at radius 1 is 0.714 bits per heavy atom. The molecule has 1 aliphatic rings. The van der Waals surface area contributed by atoms with Crippen molar-refractivity contribution in [3.63, 3.8) is 0 Å². The number of ether oxygens (including phenoxy) is 2. The second-order valence-electron chi connectivity index (χ2n) is 11.0. The molecular weight excluding hydrogens is 522 g/mol. The lowest BCUT2D eigenvalue weighted by molar-refractivity contribution is -0.0621. The third-order valence-electron chi connectivity index (χ3n) is 8.15. The van der Waals surface area contributed by atoms with Crippen LogP contribution in [0.2, 0.25) is 0 Å². The normalized spacial score (nSPS) is 17.3. The van der Waals surface area contributed by atoms with Gasteiger partial charge in [0.05, 0.1) is 25.9 Å². The molecule has 0 aliphatic carbocycles. The molecule has 1 aliphatic heterocycles. The molecule has 42 heavy (non-hydrogen) atoms. The number of hydrogen-bond donors (Lipinski definition) is 1. The van der Waals surface area contributed by atoms with E-state index in [0.717, 1.165) is 22.3 Å². The van der Waals surface area contributed by atoms with Gasteiger partial charge in [-0.05, 0) is 45.5 Å². The number of likely N-dealkylation sites (tertiary alicyclic amines) is 1. The summed E-state index contributed by atoms with van der Waals surface area (Å²) in [6.07, 6.45) is -0.444. The van der Waals surface area contributed by atoms with Crippen LogP contribution < -0.4 is 0 Å². The highest BCUT2D eigenvalue weighted by molar-refractivity contribution is 5.82. The Bertz CT molecular complexity index is 1510. The first-order chi connectivity index (χ1) is 20.6. The highest BCUT2D eigenvalue weighted by atomic mass is 16.5. The molecule has 1 heterocycles. The molecule has 0 radical (unpaired) electrons. The van der Waals surface area contributed by atoms with E-state index in [2.05, 4.69) is 66.7 Å². The summed E-state index contributed by atoms with van der Waals surface area (Å²) in [6, 6.07) is 45.4. The van der Waals surface area contributed by atoms with Crippen molar-refractivity contribution in [3.8, 4) is 0 Å². The van der Waals surface area contributed by atoms with Crippen molar-refractivity contribution in [3.05, 3.63) is 156 Å². The average Bonchev–Trinajstić information content (AvgIpc) is 3.05. The Labute approximate surface area is 247 Å². The molecule has 2 unspecified atom stereocenters. The molecule has 5 aromatic rings. The maximum absolute atomic E-state index is 12.2. The van der Waals surface area contributed by atoms with Crippen LogP contribution in [0, 0.1) is 5.92 Å². The summed E-state index contributed by atoms with van der Waals surface area (Å²) < 4.78 is 13.4. The van der Waals surface area contributed by atoms with Gasteiger partial charge in [0.1, 0.15) is 5.60 Å². The monoisotopic (exact) mass is 557 g/mol. The van der Waals surface area contributed by atoms with Gasteiger partial charge >= 0.3 is 6.09 Å². The first-order valence-corrected chi connectivity index (χ1v) is 14.5. The molecule has 5 nitrogen and oxygen atoms in total. The van der Waals surface area contributed by atoms with Crippen LogP contribution in [0.1, 0.15) is 28.7 Å². The Morgan fingerprint density at radius 2 is 1.26 bits per heavy atom. The summed E-state index contributed by atoms with van der Waals surface area (Å²) in [4.78, 5) is 13.6. The summed E-state index contributed by atoms with van der Waals surface area (Å²) in [5.74, 6) is -0.0352. The second-order valence-corrected chi connectivity index (χ2v) is 11.0. The zero-order chi connectivity index (χ0) is 28.8. The summed E-state index contributed by atoms with van der Waals surface area (Å²) in [6.45, 7) is 1.55. The largest absolute Gasteiger partial charge is 0.465 e. The Kier molecular flexibility index (Phi) is 8.31. The van der Waals surface area contributed by atoms with E-state index < -0.39 is 11.7 Å². The van der Waals surface area contributed by atoms with Crippen molar-refractivity contribution in [1.29, 1.82) is 0 Å². The van der Waals surface area contributed by atoms with Crippen molar-refractivity contribution in [1.82, 2.24) is 4.90 Å². The summed E-state index contributed by atoms with van der Waals surface area (Å²) in [7, 11) is 0. The predicted octanol–water partition coefficient (Wildman–Crippen LogP) is 7.73. The molecule has 212 valence electrons. The third kappa shape index (κ3) is 5.94. The SMILES string of the molecule is O=C(O)N1CC(COC(c2ccccc2)(c2ccccc2)c2ccccc2)CC(OCc2ccc3ccccc3c2)C1. The lowest BCUT2D eigenvalue weighted by Gasteiger charge is -2.40. The smallest absolute Gasteiger partial charge is 0.407 e. The minimum absolute atomic E-state index is 0.0352. The fourth-order valence-electron chi connectivity index (χ4n) is 6.10. The summed E-state index contributed by atoms with van der Waals surface area (Å²) in [5.41, 5.74) is 3.30. The maximum atomic E-state index is 12.2. The van der Waals surface area contributed by atoms with Crippen molar-refractivity contribution < 1.29 is 19.4 Å². The highest BCUT2D eigenvalue weighted by Gasteiger charge is 2.39. The maximum Gasteiger partial charge on any atom is 0.407 e. The molecule has 5 heteroatoms. The van der Waals surface area contributed by atoms with Crippen molar-refractivity contribution in [2.75, 3.05) is 19.7 Å². The van der Waals surface area contributed by atoms with Crippen LogP contribution in [-0.4, -0.2) is 41.9 Å². The van der Waals surface area contributed by atoms with Crippen LogP contribution in [0.15, 0.2) is 133 Å². The fourth-order valence-corrected chi connectivity index (χ4v) is 6.10. The number of piperidine rings is 1. The first-order valence-electron chi connectivity index (χ1n) is 14.5. The standard InChI is InChI=1S/C37H35NO4/c39-36(40)38-24-29(23-35(25-38)41-26-28-20-21-30-12-10-11-13-31(30)22-28)27-42-37(32-14-4-1-5-15-32,33-16-6-2-7-17-33)34-18-8-3-9-19-34/h1-22,29,35H,23-27H2,(H,39,40). The molecule has 6 rings (SSSR count). The van der Waals surface area contributed by atoms with E-state index in [-0.39, 0.29) is 12.0 Å². The molecular formula is C37H35NO4. The number of rotatable bonds is 9. The zero-order valence-corrected chi connectivity index (χ0v) is 23.5. The Hall–Kier alpha value is -4.45.